The molecule has 1 fully saturated rings. The zero-order chi connectivity index (χ0) is 12.4. The number of rotatable bonds is 4. The van der Waals surface area contributed by atoms with Gasteiger partial charge in [-0.05, 0) is 25.0 Å². The lowest BCUT2D eigenvalue weighted by atomic mass is 9.88. The molecule has 92 valence electrons. The molecule has 17 heavy (non-hydrogen) atoms. The van der Waals surface area contributed by atoms with Gasteiger partial charge in [-0.3, -0.25) is 0 Å². The van der Waals surface area contributed by atoms with Crippen molar-refractivity contribution in [2.24, 2.45) is 0 Å². The summed E-state index contributed by atoms with van der Waals surface area (Å²) in [5.74, 6) is -0.970. The molecule has 5 nitrogen and oxygen atoms in total. The monoisotopic (exact) mass is 236 g/mol. The molecule has 0 aliphatic heterocycles. The van der Waals surface area contributed by atoms with Gasteiger partial charge in [0.05, 0.1) is 23.0 Å². The first-order valence-electron chi connectivity index (χ1n) is 5.53. The molecule has 0 saturated heterocycles. The molecule has 0 spiro atoms. The second-order valence-electron chi connectivity index (χ2n) is 4.25. The highest BCUT2D eigenvalue weighted by molar-refractivity contribution is 5.97. The molecular weight excluding hydrogens is 220 g/mol. The summed E-state index contributed by atoms with van der Waals surface area (Å²) in [7, 11) is 1.68. The van der Waals surface area contributed by atoms with Gasteiger partial charge < -0.3 is 20.9 Å². The first-order chi connectivity index (χ1) is 8.11. The number of carboxylic acid groups (broad SMARTS) is 1. The number of nitrogen functional groups attached to an aromatic ring is 1. The molecule has 0 amide bonds. The number of methoxy groups -OCH3 is 1. The second-order valence-corrected chi connectivity index (χ2v) is 4.25. The molecule has 4 N–H and O–H groups in total. The van der Waals surface area contributed by atoms with Crippen LogP contribution in [0.2, 0.25) is 0 Å². The van der Waals surface area contributed by atoms with Crippen molar-refractivity contribution in [3.8, 4) is 0 Å². The Hall–Kier alpha value is -1.75. The minimum Gasteiger partial charge on any atom is -0.478 e. The molecule has 1 saturated carbocycles. The average Bonchev–Trinajstić information content (AvgIpc) is 2.24. The molecular formula is C12H16N2O3. The van der Waals surface area contributed by atoms with Crippen molar-refractivity contribution in [1.29, 1.82) is 0 Å². The van der Waals surface area contributed by atoms with Crippen molar-refractivity contribution in [2.45, 2.75) is 25.0 Å². The minimum atomic E-state index is -0.970. The summed E-state index contributed by atoms with van der Waals surface area (Å²) >= 11 is 0. The Bertz CT molecular complexity index is 428. The Balaban J connectivity index is 2.12. The Kier molecular flexibility index (Phi) is 3.19. The summed E-state index contributed by atoms with van der Waals surface area (Å²) in [5, 5.41) is 12.2. The van der Waals surface area contributed by atoms with Gasteiger partial charge in [0.25, 0.3) is 0 Å². The molecule has 0 bridgehead atoms. The maximum absolute atomic E-state index is 11.1. The van der Waals surface area contributed by atoms with Crippen molar-refractivity contribution in [3.63, 3.8) is 0 Å². The summed E-state index contributed by atoms with van der Waals surface area (Å²) < 4.78 is 5.17. The summed E-state index contributed by atoms with van der Waals surface area (Å²) in [6.45, 7) is 0. The molecule has 1 aromatic rings. The van der Waals surface area contributed by atoms with E-state index in [4.69, 9.17) is 15.6 Å². The lowest BCUT2D eigenvalue weighted by Crippen LogP contribution is -2.40. The van der Waals surface area contributed by atoms with Crippen molar-refractivity contribution < 1.29 is 14.6 Å². The highest BCUT2D eigenvalue weighted by atomic mass is 16.5. The number of ether oxygens (including phenoxy) is 1. The molecule has 0 atom stereocenters. The van der Waals surface area contributed by atoms with Crippen LogP contribution in [0, 0.1) is 0 Å². The van der Waals surface area contributed by atoms with E-state index in [-0.39, 0.29) is 17.7 Å². The fourth-order valence-corrected chi connectivity index (χ4v) is 1.99. The fraction of sp³-hybridized carbons (Fsp3) is 0.417. The van der Waals surface area contributed by atoms with Crippen LogP contribution in [-0.2, 0) is 4.74 Å². The van der Waals surface area contributed by atoms with Crippen LogP contribution in [-0.4, -0.2) is 30.3 Å². The SMILES string of the molecule is COC1CC(Nc2c(N)cccc2C(=O)O)C1. The van der Waals surface area contributed by atoms with E-state index >= 15 is 0 Å². The van der Waals surface area contributed by atoms with Gasteiger partial charge in [0, 0.05) is 13.2 Å². The number of nitrogens with two attached hydrogens (primary N) is 1. The van der Waals surface area contributed by atoms with Crippen LogP contribution in [0.3, 0.4) is 0 Å². The molecule has 0 unspecified atom stereocenters. The third-order valence-electron chi connectivity index (χ3n) is 3.10. The van der Waals surface area contributed by atoms with Gasteiger partial charge in [0.15, 0.2) is 0 Å². The van der Waals surface area contributed by atoms with Gasteiger partial charge in [0.2, 0.25) is 0 Å². The summed E-state index contributed by atoms with van der Waals surface area (Å²) in [6.07, 6.45) is 2.03. The van der Waals surface area contributed by atoms with Gasteiger partial charge in [-0.15, -0.1) is 0 Å². The second kappa shape index (κ2) is 4.63. The quantitative estimate of drug-likeness (QED) is 0.691. The van der Waals surface area contributed by atoms with E-state index in [0.717, 1.165) is 12.8 Å². The number of para-hydroxylation sites is 1. The number of benzene rings is 1. The maximum Gasteiger partial charge on any atom is 0.337 e. The first-order valence-corrected chi connectivity index (χ1v) is 5.53. The maximum atomic E-state index is 11.1. The van der Waals surface area contributed by atoms with Crippen molar-refractivity contribution in [3.05, 3.63) is 23.8 Å². The lowest BCUT2D eigenvalue weighted by molar-refractivity contribution is 0.0328. The number of hydrogen-bond acceptors (Lipinski definition) is 4. The number of carboxylic acids is 1. The Labute approximate surface area is 99.6 Å². The topological polar surface area (TPSA) is 84.6 Å². The standard InChI is InChI=1S/C12H16N2O3/c1-17-8-5-7(6-8)14-11-9(12(15)16)3-2-4-10(11)13/h2-4,7-8,14H,5-6,13H2,1H3,(H,15,16). The van der Waals surface area contributed by atoms with Crippen LogP contribution < -0.4 is 11.1 Å². The van der Waals surface area contributed by atoms with E-state index in [9.17, 15) is 4.79 Å². The van der Waals surface area contributed by atoms with E-state index in [1.807, 2.05) is 0 Å². The third kappa shape index (κ3) is 2.34. The van der Waals surface area contributed by atoms with Gasteiger partial charge in [-0.1, -0.05) is 6.07 Å². The van der Waals surface area contributed by atoms with Crippen LogP contribution in [0.4, 0.5) is 11.4 Å². The molecule has 5 heteroatoms. The smallest absolute Gasteiger partial charge is 0.337 e. The highest BCUT2D eigenvalue weighted by Crippen LogP contribution is 2.30. The molecule has 0 heterocycles. The molecule has 1 aliphatic carbocycles. The predicted octanol–water partition coefficient (Wildman–Crippen LogP) is 1.56. The van der Waals surface area contributed by atoms with Crippen LogP contribution in [0.1, 0.15) is 23.2 Å². The number of aromatic carboxylic acids is 1. The van der Waals surface area contributed by atoms with Crippen LogP contribution in [0.15, 0.2) is 18.2 Å². The molecule has 0 radical (unpaired) electrons. The van der Waals surface area contributed by atoms with Crippen LogP contribution in [0.5, 0.6) is 0 Å². The minimum absolute atomic E-state index is 0.214. The van der Waals surface area contributed by atoms with Crippen molar-refractivity contribution >= 4 is 17.3 Å². The van der Waals surface area contributed by atoms with E-state index < -0.39 is 5.97 Å². The summed E-state index contributed by atoms with van der Waals surface area (Å²) in [4.78, 5) is 11.1. The van der Waals surface area contributed by atoms with Crippen molar-refractivity contribution in [2.75, 3.05) is 18.2 Å². The van der Waals surface area contributed by atoms with Gasteiger partial charge in [-0.25, -0.2) is 4.79 Å². The summed E-state index contributed by atoms with van der Waals surface area (Å²) in [5.41, 5.74) is 6.99. The van der Waals surface area contributed by atoms with E-state index in [0.29, 0.717) is 11.4 Å². The summed E-state index contributed by atoms with van der Waals surface area (Å²) in [6, 6.07) is 5.13. The first kappa shape index (κ1) is 11.7. The molecule has 2 rings (SSSR count). The normalized spacial score (nSPS) is 22.9. The van der Waals surface area contributed by atoms with E-state index in [2.05, 4.69) is 5.32 Å². The van der Waals surface area contributed by atoms with Crippen LogP contribution in [0.25, 0.3) is 0 Å². The molecule has 1 aliphatic rings. The molecule has 1 aromatic carbocycles. The van der Waals surface area contributed by atoms with Gasteiger partial charge >= 0.3 is 5.97 Å². The number of nitrogens with one attached hydrogen (secondary N) is 1. The average molecular weight is 236 g/mol. The largest absolute Gasteiger partial charge is 0.478 e. The Morgan fingerprint density at radius 1 is 1.53 bits per heavy atom. The highest BCUT2D eigenvalue weighted by Gasteiger charge is 2.30. The van der Waals surface area contributed by atoms with Crippen LogP contribution >= 0.6 is 0 Å². The third-order valence-corrected chi connectivity index (χ3v) is 3.10. The van der Waals surface area contributed by atoms with Crippen molar-refractivity contribution in [1.82, 2.24) is 0 Å². The van der Waals surface area contributed by atoms with E-state index in [1.54, 1.807) is 25.3 Å². The Morgan fingerprint density at radius 3 is 2.82 bits per heavy atom. The zero-order valence-electron chi connectivity index (χ0n) is 9.64. The lowest BCUT2D eigenvalue weighted by Gasteiger charge is -2.35. The fourth-order valence-electron chi connectivity index (χ4n) is 1.99. The number of hydrogen-bond donors (Lipinski definition) is 3. The molecule has 0 aromatic heterocycles. The van der Waals surface area contributed by atoms with Gasteiger partial charge in [0.1, 0.15) is 0 Å². The Morgan fingerprint density at radius 2 is 2.24 bits per heavy atom. The van der Waals surface area contributed by atoms with E-state index in [1.165, 1.54) is 0 Å². The van der Waals surface area contributed by atoms with Gasteiger partial charge in [-0.2, -0.15) is 0 Å². The zero-order valence-corrected chi connectivity index (χ0v) is 9.64. The number of anilines is 2. The number of carbonyl (C=O) groups is 1. The predicted molar refractivity (Wildman–Crippen MR) is 65.3 cm³/mol.